The Balaban J connectivity index is 1.82. The minimum atomic E-state index is -1.09. The first-order valence-electron chi connectivity index (χ1n) is 7.80. The number of nitrogens with zero attached hydrogens (tertiary/aromatic N) is 1. The van der Waals surface area contributed by atoms with Crippen molar-refractivity contribution < 1.29 is 28.8 Å². The Kier molecular flexibility index (Phi) is 6.83. The maximum absolute atomic E-state index is 11.9. The molecule has 0 aliphatic carbocycles. The Hall–Kier alpha value is -3.01. The highest BCUT2D eigenvalue weighted by Gasteiger charge is 2.16. The van der Waals surface area contributed by atoms with Gasteiger partial charge in [-0.05, 0) is 24.6 Å². The lowest BCUT2D eigenvalue weighted by Gasteiger charge is -2.06. The molecule has 0 radical (unpaired) electrons. The summed E-state index contributed by atoms with van der Waals surface area (Å²) in [6.07, 6.45) is 0. The van der Waals surface area contributed by atoms with Gasteiger partial charge in [-0.3, -0.25) is 14.9 Å². The fraction of sp³-hybridized carbons (Fsp3) is 0.294. The van der Waals surface area contributed by atoms with Crippen LogP contribution in [0.15, 0.2) is 28.7 Å². The van der Waals surface area contributed by atoms with Crippen LogP contribution in [0.3, 0.4) is 0 Å². The van der Waals surface area contributed by atoms with Crippen LogP contribution in [0.5, 0.6) is 5.75 Å². The van der Waals surface area contributed by atoms with E-state index in [1.54, 1.807) is 13.0 Å². The Morgan fingerprint density at radius 1 is 1.37 bits per heavy atom. The first-order chi connectivity index (χ1) is 12.8. The van der Waals surface area contributed by atoms with Crippen LogP contribution < -0.4 is 10.1 Å². The van der Waals surface area contributed by atoms with E-state index in [2.05, 4.69) is 5.32 Å². The third-order valence-corrected chi connectivity index (χ3v) is 4.60. The minimum Gasteiger partial charge on any atom is -0.490 e. The standard InChI is InChI=1S/C17H18N2O7S/c1-10-13(17(21)22)6-12(26-10)7-18-16(20)9-27-8-11-3-4-15(25-2)14(5-11)19(23)24/h3-6H,7-9H2,1-2H3,(H,18,20)(H,21,22). The molecule has 0 aliphatic rings. The molecule has 1 aromatic heterocycles. The Morgan fingerprint density at radius 2 is 2.11 bits per heavy atom. The molecule has 1 aromatic carbocycles. The highest BCUT2D eigenvalue weighted by Crippen LogP contribution is 2.28. The normalized spacial score (nSPS) is 10.4. The number of carboxylic acid groups (broad SMARTS) is 1. The number of hydrogen-bond donors (Lipinski definition) is 2. The van der Waals surface area contributed by atoms with E-state index in [0.717, 1.165) is 0 Å². The van der Waals surface area contributed by atoms with E-state index in [4.69, 9.17) is 14.3 Å². The third-order valence-electron chi connectivity index (χ3n) is 3.60. The molecule has 1 amide bonds. The van der Waals surface area contributed by atoms with Crippen molar-refractivity contribution in [3.8, 4) is 5.75 Å². The van der Waals surface area contributed by atoms with E-state index in [0.29, 0.717) is 17.1 Å². The molecule has 144 valence electrons. The number of ether oxygens (including phenoxy) is 1. The summed E-state index contributed by atoms with van der Waals surface area (Å²) in [6.45, 7) is 1.63. The summed E-state index contributed by atoms with van der Waals surface area (Å²) in [5.74, 6) is 0.0381. The number of aryl methyl sites for hydroxylation is 1. The average molecular weight is 394 g/mol. The van der Waals surface area contributed by atoms with E-state index >= 15 is 0 Å². The zero-order valence-electron chi connectivity index (χ0n) is 14.7. The van der Waals surface area contributed by atoms with Crippen LogP contribution in [-0.4, -0.2) is 34.8 Å². The summed E-state index contributed by atoms with van der Waals surface area (Å²) in [7, 11) is 1.36. The van der Waals surface area contributed by atoms with Crippen LogP contribution >= 0.6 is 11.8 Å². The Morgan fingerprint density at radius 3 is 2.70 bits per heavy atom. The van der Waals surface area contributed by atoms with Gasteiger partial charge in [-0.2, -0.15) is 0 Å². The van der Waals surface area contributed by atoms with Crippen LogP contribution in [0, 0.1) is 17.0 Å². The van der Waals surface area contributed by atoms with Crippen molar-refractivity contribution in [2.24, 2.45) is 0 Å². The number of nitro benzene ring substituents is 1. The predicted octanol–water partition coefficient (Wildman–Crippen LogP) is 2.75. The van der Waals surface area contributed by atoms with Crippen LogP contribution in [0.1, 0.15) is 27.4 Å². The van der Waals surface area contributed by atoms with Gasteiger partial charge in [0.25, 0.3) is 0 Å². The van der Waals surface area contributed by atoms with Gasteiger partial charge in [0.15, 0.2) is 5.75 Å². The van der Waals surface area contributed by atoms with Gasteiger partial charge in [0.1, 0.15) is 17.1 Å². The van der Waals surface area contributed by atoms with Gasteiger partial charge in [-0.15, -0.1) is 11.8 Å². The Labute approximate surface area is 158 Å². The average Bonchev–Trinajstić information content (AvgIpc) is 3.01. The van der Waals surface area contributed by atoms with Crippen LogP contribution in [-0.2, 0) is 17.1 Å². The second kappa shape index (κ2) is 9.08. The monoisotopic (exact) mass is 394 g/mol. The summed E-state index contributed by atoms with van der Waals surface area (Å²) in [5, 5.41) is 22.6. The van der Waals surface area contributed by atoms with Gasteiger partial charge in [0, 0.05) is 11.8 Å². The molecule has 0 unspecified atom stereocenters. The summed E-state index contributed by atoms with van der Waals surface area (Å²) < 4.78 is 10.2. The lowest BCUT2D eigenvalue weighted by molar-refractivity contribution is -0.385. The molecule has 2 N–H and O–H groups in total. The number of carboxylic acids is 1. The zero-order valence-corrected chi connectivity index (χ0v) is 15.5. The van der Waals surface area contributed by atoms with E-state index in [1.165, 1.54) is 37.1 Å². The number of thioether (sulfide) groups is 1. The molecule has 9 nitrogen and oxygen atoms in total. The van der Waals surface area contributed by atoms with Crippen LogP contribution in [0.2, 0.25) is 0 Å². The van der Waals surface area contributed by atoms with Crippen molar-refractivity contribution >= 4 is 29.3 Å². The van der Waals surface area contributed by atoms with Crippen LogP contribution in [0.25, 0.3) is 0 Å². The SMILES string of the molecule is COc1ccc(CSCC(=O)NCc2cc(C(=O)O)c(C)o2)cc1[N+](=O)[O-]. The van der Waals surface area contributed by atoms with E-state index in [1.807, 2.05) is 0 Å². The fourth-order valence-electron chi connectivity index (χ4n) is 2.31. The van der Waals surface area contributed by atoms with E-state index in [9.17, 15) is 19.7 Å². The van der Waals surface area contributed by atoms with Crippen molar-refractivity contribution in [1.29, 1.82) is 0 Å². The molecule has 10 heteroatoms. The second-order valence-electron chi connectivity index (χ2n) is 5.52. The van der Waals surface area contributed by atoms with Gasteiger partial charge in [-0.1, -0.05) is 6.07 Å². The van der Waals surface area contributed by atoms with Gasteiger partial charge < -0.3 is 19.6 Å². The Bertz CT molecular complexity index is 863. The number of hydrogen-bond acceptors (Lipinski definition) is 7. The molecule has 0 fully saturated rings. The van der Waals surface area contributed by atoms with Crippen molar-refractivity contribution in [2.75, 3.05) is 12.9 Å². The molecule has 2 rings (SSSR count). The topological polar surface area (TPSA) is 132 Å². The van der Waals surface area contributed by atoms with E-state index in [-0.39, 0.29) is 41.0 Å². The molecule has 1 heterocycles. The zero-order chi connectivity index (χ0) is 20.0. The molecular formula is C17H18N2O7S. The molecule has 0 atom stereocenters. The van der Waals surface area contributed by atoms with Crippen molar-refractivity contribution in [3.05, 3.63) is 57.0 Å². The highest BCUT2D eigenvalue weighted by molar-refractivity contribution is 7.99. The molecule has 2 aromatic rings. The number of aromatic carboxylic acids is 1. The molecular weight excluding hydrogens is 376 g/mol. The third kappa shape index (κ3) is 5.48. The number of amides is 1. The van der Waals surface area contributed by atoms with Gasteiger partial charge >= 0.3 is 11.7 Å². The number of rotatable bonds is 9. The lowest BCUT2D eigenvalue weighted by atomic mass is 10.2. The van der Waals surface area contributed by atoms with Crippen molar-refractivity contribution in [2.45, 2.75) is 19.2 Å². The van der Waals surface area contributed by atoms with Gasteiger partial charge in [0.2, 0.25) is 5.91 Å². The summed E-state index contributed by atoms with van der Waals surface area (Å²) in [4.78, 5) is 33.3. The first-order valence-corrected chi connectivity index (χ1v) is 8.95. The lowest BCUT2D eigenvalue weighted by Crippen LogP contribution is -2.24. The number of furan rings is 1. The van der Waals surface area contributed by atoms with Gasteiger partial charge in [0.05, 0.1) is 24.3 Å². The molecule has 0 saturated carbocycles. The number of carbonyl (C=O) groups excluding carboxylic acids is 1. The number of benzene rings is 1. The van der Waals surface area contributed by atoms with Crippen molar-refractivity contribution in [3.63, 3.8) is 0 Å². The molecule has 0 spiro atoms. The second-order valence-corrected chi connectivity index (χ2v) is 6.51. The summed E-state index contributed by atoms with van der Waals surface area (Å²) in [5.41, 5.74) is 0.644. The largest absolute Gasteiger partial charge is 0.490 e. The molecule has 0 bridgehead atoms. The molecule has 0 aliphatic heterocycles. The van der Waals surface area contributed by atoms with Gasteiger partial charge in [-0.25, -0.2) is 4.79 Å². The number of nitro groups is 1. The first kappa shape index (κ1) is 20.3. The highest BCUT2D eigenvalue weighted by atomic mass is 32.2. The smallest absolute Gasteiger partial charge is 0.339 e. The predicted molar refractivity (Wildman–Crippen MR) is 98.1 cm³/mol. The molecule has 0 saturated heterocycles. The summed E-state index contributed by atoms with van der Waals surface area (Å²) in [6, 6.07) is 6.02. The van der Waals surface area contributed by atoms with Crippen molar-refractivity contribution in [1.82, 2.24) is 5.32 Å². The number of nitrogens with one attached hydrogen (secondary N) is 1. The number of carbonyl (C=O) groups is 2. The van der Waals surface area contributed by atoms with E-state index < -0.39 is 10.9 Å². The minimum absolute atomic E-state index is 0.0646. The van der Waals surface area contributed by atoms with Crippen LogP contribution in [0.4, 0.5) is 5.69 Å². The quantitative estimate of drug-likeness (QED) is 0.490. The maximum atomic E-state index is 11.9. The fourth-order valence-corrected chi connectivity index (χ4v) is 3.11. The summed E-state index contributed by atoms with van der Waals surface area (Å²) >= 11 is 1.30. The molecule has 27 heavy (non-hydrogen) atoms. The maximum Gasteiger partial charge on any atom is 0.339 e. The number of methoxy groups -OCH3 is 1.